The van der Waals surface area contributed by atoms with Crippen LogP contribution in [0.1, 0.15) is 21.7 Å². The zero-order valence-corrected chi connectivity index (χ0v) is 17.4. The molecule has 0 aliphatic heterocycles. The van der Waals surface area contributed by atoms with Crippen LogP contribution >= 0.6 is 15.9 Å². The van der Waals surface area contributed by atoms with E-state index in [0.717, 1.165) is 22.9 Å². The minimum Gasteiger partial charge on any atom is -0.322 e. The quantitative estimate of drug-likeness (QED) is 0.509. The molecule has 0 atom stereocenters. The Balaban J connectivity index is 1.69. The van der Waals surface area contributed by atoms with E-state index in [1.54, 1.807) is 6.07 Å². The van der Waals surface area contributed by atoms with E-state index in [2.05, 4.69) is 36.9 Å². The molecule has 2 amide bonds. The smallest absolute Gasteiger partial charge is 0.322 e. The Morgan fingerprint density at radius 3 is 2.55 bits per heavy atom. The summed E-state index contributed by atoms with van der Waals surface area (Å²) in [6.07, 6.45) is -4.55. The molecule has 1 aromatic heterocycles. The van der Waals surface area contributed by atoms with Crippen molar-refractivity contribution in [2.45, 2.75) is 19.6 Å². The molecule has 2 N–H and O–H groups in total. The largest absolute Gasteiger partial charge is 0.416 e. The first-order valence-corrected chi connectivity index (χ1v) is 9.47. The van der Waals surface area contributed by atoms with Gasteiger partial charge >= 0.3 is 6.18 Å². The molecule has 12 heteroatoms. The second-order valence-corrected chi connectivity index (χ2v) is 7.30. The topological polar surface area (TPSA) is 88.9 Å². The van der Waals surface area contributed by atoms with Crippen LogP contribution in [0.4, 0.5) is 28.9 Å². The van der Waals surface area contributed by atoms with Crippen LogP contribution in [0.2, 0.25) is 0 Å². The van der Waals surface area contributed by atoms with Gasteiger partial charge in [-0.05, 0) is 43.3 Å². The zero-order chi connectivity index (χ0) is 22.8. The number of hydrogen-bond acceptors (Lipinski definition) is 4. The van der Waals surface area contributed by atoms with Crippen molar-refractivity contribution < 1.29 is 27.2 Å². The second kappa shape index (κ2) is 8.84. The standard InChI is InChI=1S/C19H14BrF4N5O2/c1-10-17(18(31)25-13-4-2-3-11(7-13)19(22,23)24)27-28-29(10)9-16(30)26-15-6-5-12(20)8-14(15)21/h2-8H,9H2,1H3,(H,25,31)(H,26,30). The fourth-order valence-corrected chi connectivity index (χ4v) is 2.93. The third-order valence-electron chi connectivity index (χ3n) is 4.14. The number of anilines is 2. The Kier molecular flexibility index (Phi) is 6.39. The molecule has 1 heterocycles. The maximum atomic E-state index is 13.8. The number of carbonyl (C=O) groups excluding carboxylic acids is 2. The first kappa shape index (κ1) is 22.4. The maximum Gasteiger partial charge on any atom is 0.416 e. The summed E-state index contributed by atoms with van der Waals surface area (Å²) in [7, 11) is 0. The van der Waals surface area contributed by atoms with E-state index in [0.29, 0.717) is 4.47 Å². The number of carbonyl (C=O) groups is 2. The van der Waals surface area contributed by atoms with Crippen molar-refractivity contribution in [3.63, 3.8) is 0 Å². The number of rotatable bonds is 5. The lowest BCUT2D eigenvalue weighted by Crippen LogP contribution is -2.21. The number of alkyl halides is 3. The molecule has 0 aliphatic carbocycles. The molecule has 7 nitrogen and oxygen atoms in total. The van der Waals surface area contributed by atoms with E-state index in [9.17, 15) is 27.2 Å². The lowest BCUT2D eigenvalue weighted by molar-refractivity contribution is -0.137. The van der Waals surface area contributed by atoms with Crippen LogP contribution in [0, 0.1) is 12.7 Å². The summed E-state index contributed by atoms with van der Waals surface area (Å²) in [4.78, 5) is 24.6. The molecular weight excluding hydrogens is 486 g/mol. The summed E-state index contributed by atoms with van der Waals surface area (Å²) in [6.45, 7) is 1.11. The summed E-state index contributed by atoms with van der Waals surface area (Å²) >= 11 is 3.11. The maximum absolute atomic E-state index is 13.8. The third kappa shape index (κ3) is 5.45. The molecule has 3 aromatic rings. The van der Waals surface area contributed by atoms with Gasteiger partial charge in [-0.25, -0.2) is 9.07 Å². The molecule has 0 radical (unpaired) electrons. The van der Waals surface area contributed by atoms with E-state index < -0.39 is 29.4 Å². The molecule has 0 saturated heterocycles. The highest BCUT2D eigenvalue weighted by molar-refractivity contribution is 9.10. The number of amides is 2. The summed E-state index contributed by atoms with van der Waals surface area (Å²) in [5, 5.41) is 12.1. The third-order valence-corrected chi connectivity index (χ3v) is 4.64. The van der Waals surface area contributed by atoms with Crippen LogP contribution < -0.4 is 10.6 Å². The number of nitrogens with one attached hydrogen (secondary N) is 2. The van der Waals surface area contributed by atoms with Crippen molar-refractivity contribution in [1.82, 2.24) is 15.0 Å². The van der Waals surface area contributed by atoms with E-state index in [1.165, 1.54) is 25.1 Å². The average molecular weight is 500 g/mol. The first-order chi connectivity index (χ1) is 14.5. The monoisotopic (exact) mass is 499 g/mol. The molecular formula is C19H14BrF4N5O2. The number of nitrogens with zero attached hydrogens (tertiary/aromatic N) is 3. The average Bonchev–Trinajstić information content (AvgIpc) is 3.04. The van der Waals surface area contributed by atoms with Gasteiger partial charge in [-0.2, -0.15) is 13.2 Å². The molecule has 162 valence electrons. The highest BCUT2D eigenvalue weighted by atomic mass is 79.9. The Morgan fingerprint density at radius 2 is 1.87 bits per heavy atom. The van der Waals surface area contributed by atoms with Gasteiger partial charge in [-0.3, -0.25) is 9.59 Å². The van der Waals surface area contributed by atoms with Crippen molar-refractivity contribution >= 4 is 39.1 Å². The Morgan fingerprint density at radius 1 is 1.13 bits per heavy atom. The summed E-state index contributed by atoms with van der Waals surface area (Å²) in [6, 6.07) is 8.24. The summed E-state index contributed by atoms with van der Waals surface area (Å²) in [5.41, 5.74) is -0.982. The van der Waals surface area contributed by atoms with Gasteiger partial charge in [0.25, 0.3) is 5.91 Å². The zero-order valence-electron chi connectivity index (χ0n) is 15.8. The highest BCUT2D eigenvalue weighted by Gasteiger charge is 2.30. The molecule has 3 rings (SSSR count). The van der Waals surface area contributed by atoms with Gasteiger partial charge in [0.05, 0.1) is 16.9 Å². The Labute approximate surface area is 181 Å². The minimum atomic E-state index is -4.55. The normalized spacial score (nSPS) is 11.3. The van der Waals surface area contributed by atoms with E-state index in [4.69, 9.17) is 0 Å². The van der Waals surface area contributed by atoms with Crippen LogP contribution in [0.3, 0.4) is 0 Å². The van der Waals surface area contributed by atoms with E-state index in [1.807, 2.05) is 0 Å². The molecule has 0 bridgehead atoms. The molecule has 31 heavy (non-hydrogen) atoms. The van der Waals surface area contributed by atoms with Crippen molar-refractivity contribution in [2.75, 3.05) is 10.6 Å². The lowest BCUT2D eigenvalue weighted by Gasteiger charge is -2.09. The molecule has 0 spiro atoms. The van der Waals surface area contributed by atoms with E-state index in [-0.39, 0.29) is 29.3 Å². The van der Waals surface area contributed by atoms with Gasteiger partial charge < -0.3 is 10.6 Å². The van der Waals surface area contributed by atoms with Crippen molar-refractivity contribution in [3.05, 3.63) is 69.7 Å². The van der Waals surface area contributed by atoms with Gasteiger partial charge in [-0.1, -0.05) is 27.2 Å². The number of benzene rings is 2. The lowest BCUT2D eigenvalue weighted by atomic mass is 10.2. The predicted octanol–water partition coefficient (Wildman–Crippen LogP) is 4.40. The minimum absolute atomic E-state index is 0.0338. The molecule has 2 aromatic carbocycles. The molecule has 0 saturated carbocycles. The first-order valence-electron chi connectivity index (χ1n) is 8.68. The second-order valence-electron chi connectivity index (χ2n) is 6.39. The van der Waals surface area contributed by atoms with Gasteiger partial charge in [0.15, 0.2) is 5.69 Å². The van der Waals surface area contributed by atoms with Crippen LogP contribution in [-0.2, 0) is 17.5 Å². The van der Waals surface area contributed by atoms with Gasteiger partial charge in [-0.15, -0.1) is 5.10 Å². The van der Waals surface area contributed by atoms with Gasteiger partial charge in [0.1, 0.15) is 12.4 Å². The SMILES string of the molecule is Cc1c(C(=O)Nc2cccc(C(F)(F)F)c2)nnn1CC(=O)Nc1ccc(Br)cc1F. The van der Waals surface area contributed by atoms with Crippen molar-refractivity contribution in [1.29, 1.82) is 0 Å². The number of hydrogen-bond donors (Lipinski definition) is 2. The molecule has 0 aliphatic rings. The predicted molar refractivity (Wildman–Crippen MR) is 107 cm³/mol. The van der Waals surface area contributed by atoms with Crippen molar-refractivity contribution in [2.24, 2.45) is 0 Å². The summed E-state index contributed by atoms with van der Waals surface area (Å²) < 4.78 is 53.9. The van der Waals surface area contributed by atoms with Crippen LogP contribution in [0.25, 0.3) is 0 Å². The summed E-state index contributed by atoms with van der Waals surface area (Å²) in [5.74, 6) is -2.04. The van der Waals surface area contributed by atoms with Crippen molar-refractivity contribution in [3.8, 4) is 0 Å². The fraction of sp³-hybridized carbons (Fsp3) is 0.158. The Hall–Kier alpha value is -3.28. The van der Waals surface area contributed by atoms with E-state index >= 15 is 0 Å². The highest BCUT2D eigenvalue weighted by Crippen LogP contribution is 2.30. The molecule has 0 unspecified atom stereocenters. The molecule has 0 fully saturated rings. The van der Waals surface area contributed by atoms with Gasteiger partial charge in [0.2, 0.25) is 5.91 Å². The van der Waals surface area contributed by atoms with Gasteiger partial charge in [0, 0.05) is 10.2 Å². The fourth-order valence-electron chi connectivity index (χ4n) is 2.60. The Bertz CT molecular complexity index is 1150. The van der Waals surface area contributed by atoms with Crippen LogP contribution in [0.15, 0.2) is 46.9 Å². The number of halogens is 5. The van der Waals surface area contributed by atoms with Crippen LogP contribution in [-0.4, -0.2) is 26.8 Å². The number of aromatic nitrogens is 3. The van der Waals surface area contributed by atoms with Crippen LogP contribution in [0.5, 0.6) is 0 Å².